The molecule has 0 aliphatic heterocycles. The number of aromatic amines is 1. The van der Waals surface area contributed by atoms with Crippen molar-refractivity contribution in [3.05, 3.63) is 42.6 Å². The first-order chi connectivity index (χ1) is 9.43. The average molecular weight is 284 g/mol. The predicted octanol–water partition coefficient (Wildman–Crippen LogP) is 3.42. The Labute approximate surface area is 114 Å². The fourth-order valence-corrected chi connectivity index (χ4v) is 2.16. The minimum Gasteiger partial charge on any atom is -0.507 e. The van der Waals surface area contributed by atoms with Crippen LogP contribution >= 0.6 is 0 Å². The van der Waals surface area contributed by atoms with Gasteiger partial charge in [-0.25, -0.2) is 4.90 Å². The quantitative estimate of drug-likeness (QED) is 0.652. The fourth-order valence-electron chi connectivity index (χ4n) is 2.16. The summed E-state index contributed by atoms with van der Waals surface area (Å²) >= 11 is 0. The van der Waals surface area contributed by atoms with Crippen LogP contribution in [0.5, 0.6) is 5.75 Å². The van der Waals surface area contributed by atoms with Crippen molar-refractivity contribution in [3.8, 4) is 5.75 Å². The fraction of sp³-hybridized carbons (Fsp3) is 0.286. The summed E-state index contributed by atoms with van der Waals surface area (Å²) in [6.07, 6.45) is -1.35. The molecule has 1 aromatic heterocycles. The minimum atomic E-state index is -4.39. The molecule has 0 amide bonds. The molecule has 2 aromatic rings. The van der Waals surface area contributed by atoms with Crippen molar-refractivity contribution in [1.29, 1.82) is 0 Å². The number of aromatic nitrogens is 1. The summed E-state index contributed by atoms with van der Waals surface area (Å²) in [5, 5.41) is 10.4. The number of aromatic hydroxyl groups is 1. The highest BCUT2D eigenvalue weighted by Gasteiger charge is 2.35. The summed E-state index contributed by atoms with van der Waals surface area (Å²) in [7, 11) is 0. The van der Waals surface area contributed by atoms with Crippen LogP contribution in [0.15, 0.2) is 37.1 Å². The third-order valence-electron chi connectivity index (χ3n) is 3.12. The highest BCUT2D eigenvalue weighted by Crippen LogP contribution is 2.29. The lowest BCUT2D eigenvalue weighted by Gasteiger charge is -2.23. The van der Waals surface area contributed by atoms with Crippen molar-refractivity contribution in [2.24, 2.45) is 0 Å². The van der Waals surface area contributed by atoms with E-state index < -0.39 is 6.30 Å². The van der Waals surface area contributed by atoms with Gasteiger partial charge in [-0.2, -0.15) is 13.2 Å². The molecule has 3 nitrogen and oxygen atoms in total. The van der Waals surface area contributed by atoms with Crippen LogP contribution in [0.25, 0.3) is 10.9 Å². The van der Waals surface area contributed by atoms with E-state index in [9.17, 15) is 18.3 Å². The number of hydrogen-bond donors (Lipinski definition) is 2. The van der Waals surface area contributed by atoms with Crippen LogP contribution in [0.4, 0.5) is 13.2 Å². The van der Waals surface area contributed by atoms with Crippen LogP contribution in [0.1, 0.15) is 5.56 Å². The van der Waals surface area contributed by atoms with E-state index >= 15 is 0 Å². The molecule has 0 radical (unpaired) electrons. The number of H-pyrrole nitrogens is 1. The van der Waals surface area contributed by atoms with E-state index in [1.807, 2.05) is 0 Å². The highest BCUT2D eigenvalue weighted by molar-refractivity contribution is 5.88. The molecular weight excluding hydrogens is 269 g/mol. The highest BCUT2D eigenvalue weighted by atomic mass is 19.4. The second kappa shape index (κ2) is 5.58. The number of benzene rings is 1. The largest absolute Gasteiger partial charge is 0.507 e. The van der Waals surface area contributed by atoms with E-state index in [1.165, 1.54) is 12.1 Å². The van der Waals surface area contributed by atoms with Crippen LogP contribution in [-0.4, -0.2) is 34.4 Å². The van der Waals surface area contributed by atoms with E-state index in [4.69, 9.17) is 0 Å². The Morgan fingerprint density at radius 2 is 2.10 bits per heavy atom. The zero-order chi connectivity index (χ0) is 14.8. The van der Waals surface area contributed by atoms with Crippen LogP contribution in [0, 0.1) is 0 Å². The molecule has 6 heteroatoms. The maximum absolute atomic E-state index is 12.7. The molecular formula is C14H15F3N2O. The maximum atomic E-state index is 12.7. The lowest BCUT2D eigenvalue weighted by molar-refractivity contribution is -0.241. The van der Waals surface area contributed by atoms with Gasteiger partial charge in [-0.05, 0) is 24.1 Å². The number of hydrogen-bond acceptors (Lipinski definition) is 2. The Hall–Kier alpha value is -1.95. The van der Waals surface area contributed by atoms with Gasteiger partial charge >= 0.3 is 6.30 Å². The van der Waals surface area contributed by atoms with Gasteiger partial charge in [0.1, 0.15) is 5.75 Å². The monoisotopic (exact) mass is 284 g/mol. The molecule has 0 bridgehead atoms. The SMILES string of the molecule is C=CCN(CCc1c[nH]c2cccc(O)c12)C(F)(F)F. The average Bonchev–Trinajstić information content (AvgIpc) is 2.78. The molecule has 20 heavy (non-hydrogen) atoms. The summed E-state index contributed by atoms with van der Waals surface area (Å²) in [5.74, 6) is 0.0704. The van der Waals surface area contributed by atoms with Gasteiger partial charge in [0.2, 0.25) is 0 Å². The van der Waals surface area contributed by atoms with Gasteiger partial charge in [0.05, 0.1) is 0 Å². The Morgan fingerprint density at radius 1 is 1.35 bits per heavy atom. The zero-order valence-corrected chi connectivity index (χ0v) is 10.7. The van der Waals surface area contributed by atoms with Gasteiger partial charge in [-0.3, -0.25) is 0 Å². The van der Waals surface area contributed by atoms with E-state index in [0.717, 1.165) is 0 Å². The first-order valence-electron chi connectivity index (χ1n) is 6.14. The summed E-state index contributed by atoms with van der Waals surface area (Å²) in [4.78, 5) is 3.33. The molecule has 2 rings (SSSR count). The third kappa shape index (κ3) is 2.96. The molecule has 0 saturated carbocycles. The minimum absolute atomic E-state index is 0.0704. The first kappa shape index (κ1) is 14.5. The van der Waals surface area contributed by atoms with Crippen molar-refractivity contribution >= 4 is 10.9 Å². The van der Waals surface area contributed by atoms with Gasteiger partial charge in [0, 0.05) is 30.2 Å². The van der Waals surface area contributed by atoms with Crippen LogP contribution < -0.4 is 0 Å². The maximum Gasteiger partial charge on any atom is 0.460 e. The number of nitrogens with zero attached hydrogens (tertiary/aromatic N) is 1. The second-order valence-electron chi connectivity index (χ2n) is 4.47. The van der Waals surface area contributed by atoms with Crippen LogP contribution in [0.3, 0.4) is 0 Å². The van der Waals surface area contributed by atoms with E-state index in [1.54, 1.807) is 18.3 Å². The Kier molecular flexibility index (Phi) is 4.04. The van der Waals surface area contributed by atoms with Gasteiger partial charge in [0.25, 0.3) is 0 Å². The molecule has 2 N–H and O–H groups in total. The van der Waals surface area contributed by atoms with E-state index in [0.29, 0.717) is 21.4 Å². The molecule has 0 atom stereocenters. The molecule has 0 aliphatic carbocycles. The predicted molar refractivity (Wildman–Crippen MR) is 71.5 cm³/mol. The molecule has 0 fully saturated rings. The number of halogens is 3. The normalized spacial score (nSPS) is 12.2. The van der Waals surface area contributed by atoms with Crippen molar-refractivity contribution < 1.29 is 18.3 Å². The molecule has 0 saturated heterocycles. The van der Waals surface area contributed by atoms with Crippen LogP contribution in [-0.2, 0) is 6.42 Å². The number of fused-ring (bicyclic) bond motifs is 1. The van der Waals surface area contributed by atoms with E-state index in [-0.39, 0.29) is 25.3 Å². The number of nitrogens with one attached hydrogen (secondary N) is 1. The number of rotatable bonds is 5. The van der Waals surface area contributed by atoms with Gasteiger partial charge < -0.3 is 10.1 Å². The third-order valence-corrected chi connectivity index (χ3v) is 3.12. The van der Waals surface area contributed by atoms with Crippen molar-refractivity contribution in [1.82, 2.24) is 9.88 Å². The van der Waals surface area contributed by atoms with Crippen LogP contribution in [0.2, 0.25) is 0 Å². The Balaban J connectivity index is 2.18. The standard InChI is InChI=1S/C14H15F3N2O/c1-2-7-19(14(15,16)17)8-6-10-9-18-11-4-3-5-12(20)13(10)11/h2-5,9,18,20H,1,6-8H2. The summed E-state index contributed by atoms with van der Waals surface area (Å²) in [6, 6.07) is 4.96. The lowest BCUT2D eigenvalue weighted by atomic mass is 10.1. The summed E-state index contributed by atoms with van der Waals surface area (Å²) < 4.78 is 38.2. The summed E-state index contributed by atoms with van der Waals surface area (Å²) in [6.45, 7) is 2.90. The van der Waals surface area contributed by atoms with Crippen molar-refractivity contribution in [2.75, 3.05) is 13.1 Å². The zero-order valence-electron chi connectivity index (χ0n) is 10.7. The Bertz CT molecular complexity index is 604. The van der Waals surface area contributed by atoms with Gasteiger partial charge in [-0.1, -0.05) is 12.1 Å². The second-order valence-corrected chi connectivity index (χ2v) is 4.47. The summed E-state index contributed by atoms with van der Waals surface area (Å²) in [5.41, 5.74) is 1.37. The molecule has 0 spiro atoms. The number of alkyl halides is 3. The topological polar surface area (TPSA) is 39.3 Å². The number of phenols is 1. The first-order valence-corrected chi connectivity index (χ1v) is 6.14. The molecule has 0 unspecified atom stereocenters. The lowest BCUT2D eigenvalue weighted by Crippen LogP contribution is -2.39. The molecule has 1 aromatic carbocycles. The Morgan fingerprint density at radius 3 is 2.75 bits per heavy atom. The molecule has 108 valence electrons. The molecule has 0 aliphatic rings. The van der Waals surface area contributed by atoms with Crippen molar-refractivity contribution in [2.45, 2.75) is 12.7 Å². The molecule has 1 heterocycles. The number of phenolic OH excluding ortho intramolecular Hbond substituents is 1. The van der Waals surface area contributed by atoms with E-state index in [2.05, 4.69) is 11.6 Å². The van der Waals surface area contributed by atoms with Gasteiger partial charge in [-0.15, -0.1) is 6.58 Å². The van der Waals surface area contributed by atoms with Gasteiger partial charge in [0.15, 0.2) is 0 Å². The smallest absolute Gasteiger partial charge is 0.460 e. The van der Waals surface area contributed by atoms with Crippen molar-refractivity contribution in [3.63, 3.8) is 0 Å².